The van der Waals surface area contributed by atoms with Gasteiger partial charge in [0.15, 0.2) is 0 Å². The number of benzene rings is 2. The molecule has 0 bridgehead atoms. The second-order valence-corrected chi connectivity index (χ2v) is 5.32. The fourth-order valence-corrected chi connectivity index (χ4v) is 2.26. The molecule has 0 aliphatic rings. The molecule has 0 aliphatic carbocycles. The molecule has 0 aliphatic heterocycles. The van der Waals surface area contributed by atoms with Gasteiger partial charge in [-0.1, -0.05) is 28.1 Å². The van der Waals surface area contributed by atoms with Gasteiger partial charge in [0, 0.05) is 22.3 Å². The van der Waals surface area contributed by atoms with Gasteiger partial charge in [-0.05, 0) is 42.3 Å². The van der Waals surface area contributed by atoms with Crippen LogP contribution in [0.1, 0.15) is 15.9 Å². The van der Waals surface area contributed by atoms with Crippen LogP contribution in [0.25, 0.3) is 0 Å². The normalized spacial score (nSPS) is 10.3. The molecule has 0 fully saturated rings. The van der Waals surface area contributed by atoms with Gasteiger partial charge in [0.2, 0.25) is 0 Å². The predicted molar refractivity (Wildman–Crippen MR) is 81.0 cm³/mol. The van der Waals surface area contributed by atoms with E-state index in [-0.39, 0.29) is 5.91 Å². The van der Waals surface area contributed by atoms with E-state index in [1.165, 1.54) is 12.1 Å². The lowest BCUT2D eigenvalue weighted by Crippen LogP contribution is -2.25. The summed E-state index contributed by atoms with van der Waals surface area (Å²) in [6.07, 6.45) is 0.697. The average molecular weight is 337 g/mol. The van der Waals surface area contributed by atoms with Gasteiger partial charge in [0.05, 0.1) is 0 Å². The van der Waals surface area contributed by atoms with Crippen molar-refractivity contribution < 1.29 is 9.18 Å². The Labute approximate surface area is 125 Å². The summed E-state index contributed by atoms with van der Waals surface area (Å²) in [7, 11) is 0. The number of amides is 1. The van der Waals surface area contributed by atoms with Crippen molar-refractivity contribution >= 4 is 27.5 Å². The van der Waals surface area contributed by atoms with Crippen molar-refractivity contribution in [2.75, 3.05) is 12.3 Å². The topological polar surface area (TPSA) is 55.1 Å². The van der Waals surface area contributed by atoms with Crippen LogP contribution in [-0.2, 0) is 6.42 Å². The summed E-state index contributed by atoms with van der Waals surface area (Å²) in [5.41, 5.74) is 7.69. The van der Waals surface area contributed by atoms with E-state index in [1.54, 1.807) is 6.07 Å². The number of nitrogens with two attached hydrogens (primary N) is 1. The first kappa shape index (κ1) is 14.5. The minimum atomic E-state index is -0.442. The molecule has 0 saturated heterocycles. The molecule has 2 aromatic rings. The van der Waals surface area contributed by atoms with Crippen molar-refractivity contribution in [1.29, 1.82) is 0 Å². The molecule has 0 unspecified atom stereocenters. The summed E-state index contributed by atoms with van der Waals surface area (Å²) in [5.74, 6) is -0.733. The van der Waals surface area contributed by atoms with Gasteiger partial charge in [-0.25, -0.2) is 4.39 Å². The Kier molecular flexibility index (Phi) is 4.74. The Balaban J connectivity index is 1.90. The number of rotatable bonds is 4. The molecule has 3 nitrogen and oxygen atoms in total. The van der Waals surface area contributed by atoms with Gasteiger partial charge in [-0.2, -0.15) is 0 Å². The summed E-state index contributed by atoms with van der Waals surface area (Å²) in [4.78, 5) is 11.9. The summed E-state index contributed by atoms with van der Waals surface area (Å²) in [6, 6.07) is 11.6. The van der Waals surface area contributed by atoms with Gasteiger partial charge in [0.1, 0.15) is 5.82 Å². The zero-order valence-corrected chi connectivity index (χ0v) is 12.3. The average Bonchev–Trinajstić information content (AvgIpc) is 2.40. The number of halogens is 2. The maximum absolute atomic E-state index is 13.2. The Morgan fingerprint density at radius 2 is 1.90 bits per heavy atom. The minimum Gasteiger partial charge on any atom is -0.399 e. The van der Waals surface area contributed by atoms with Crippen molar-refractivity contribution in [3.05, 3.63) is 63.9 Å². The predicted octanol–water partition coefficient (Wildman–Crippen LogP) is 3.14. The largest absolute Gasteiger partial charge is 0.399 e. The van der Waals surface area contributed by atoms with Crippen LogP contribution in [0.3, 0.4) is 0 Å². The van der Waals surface area contributed by atoms with E-state index in [1.807, 2.05) is 24.3 Å². The molecule has 2 aromatic carbocycles. The first-order chi connectivity index (χ1) is 9.54. The first-order valence-corrected chi connectivity index (χ1v) is 6.92. The number of nitrogen functional groups attached to an aromatic ring is 1. The number of anilines is 1. The van der Waals surface area contributed by atoms with E-state index in [2.05, 4.69) is 21.2 Å². The molecule has 20 heavy (non-hydrogen) atoms. The van der Waals surface area contributed by atoms with Gasteiger partial charge >= 0.3 is 0 Å². The number of nitrogens with one attached hydrogen (secondary N) is 1. The minimum absolute atomic E-state index is 0.291. The summed E-state index contributed by atoms with van der Waals surface area (Å²) in [6.45, 7) is 0.483. The highest BCUT2D eigenvalue weighted by Crippen LogP contribution is 2.14. The number of carbonyl (C=O) groups is 1. The fourth-order valence-electron chi connectivity index (χ4n) is 1.79. The Hall–Kier alpha value is -1.88. The van der Waals surface area contributed by atoms with Gasteiger partial charge in [0.25, 0.3) is 5.91 Å². The molecule has 0 saturated carbocycles. The van der Waals surface area contributed by atoms with Crippen LogP contribution in [0.5, 0.6) is 0 Å². The summed E-state index contributed by atoms with van der Waals surface area (Å²) >= 11 is 3.16. The van der Waals surface area contributed by atoms with E-state index in [0.717, 1.165) is 5.56 Å². The van der Waals surface area contributed by atoms with Crippen molar-refractivity contribution in [2.45, 2.75) is 6.42 Å². The molecular weight excluding hydrogens is 323 g/mol. The highest BCUT2D eigenvalue weighted by molar-refractivity contribution is 9.10. The summed E-state index contributed by atoms with van der Waals surface area (Å²) in [5, 5.41) is 2.76. The highest BCUT2D eigenvalue weighted by atomic mass is 79.9. The number of hydrogen-bond acceptors (Lipinski definition) is 2. The lowest BCUT2D eigenvalue weighted by Gasteiger charge is -2.06. The third-order valence-corrected chi connectivity index (χ3v) is 3.26. The van der Waals surface area contributed by atoms with Crippen LogP contribution in [0.2, 0.25) is 0 Å². The molecular formula is C15H14BrFN2O. The smallest absolute Gasteiger partial charge is 0.251 e. The van der Waals surface area contributed by atoms with Crippen LogP contribution in [0, 0.1) is 5.82 Å². The van der Waals surface area contributed by atoms with Crippen LogP contribution in [0.4, 0.5) is 10.1 Å². The molecule has 0 heterocycles. The zero-order valence-electron chi connectivity index (χ0n) is 10.7. The summed E-state index contributed by atoms with van der Waals surface area (Å²) < 4.78 is 13.7. The second kappa shape index (κ2) is 6.52. The molecule has 0 radical (unpaired) electrons. The van der Waals surface area contributed by atoms with E-state index in [9.17, 15) is 9.18 Å². The lowest BCUT2D eigenvalue weighted by atomic mass is 10.1. The number of hydrogen-bond donors (Lipinski definition) is 2. The number of carbonyl (C=O) groups excluding carboxylic acids is 1. The van der Waals surface area contributed by atoms with E-state index >= 15 is 0 Å². The van der Waals surface area contributed by atoms with Crippen LogP contribution >= 0.6 is 15.9 Å². The van der Waals surface area contributed by atoms with Crippen molar-refractivity contribution in [3.8, 4) is 0 Å². The molecule has 5 heteroatoms. The van der Waals surface area contributed by atoms with E-state index < -0.39 is 5.82 Å². The highest BCUT2D eigenvalue weighted by Gasteiger charge is 2.07. The molecule has 1 amide bonds. The maximum atomic E-state index is 13.2. The zero-order chi connectivity index (χ0) is 14.5. The molecule has 0 aromatic heterocycles. The van der Waals surface area contributed by atoms with E-state index in [4.69, 9.17) is 5.73 Å². The molecule has 104 valence electrons. The Morgan fingerprint density at radius 1 is 1.20 bits per heavy atom. The molecule has 3 N–H and O–H groups in total. The van der Waals surface area contributed by atoms with Gasteiger partial charge in [-0.15, -0.1) is 0 Å². The van der Waals surface area contributed by atoms with Crippen molar-refractivity contribution in [1.82, 2.24) is 5.32 Å². The standard InChI is InChI=1S/C15H14BrFN2O/c16-12-7-11(8-13(17)9-12)15(20)19-6-5-10-1-3-14(18)4-2-10/h1-4,7-9H,5-6,18H2,(H,19,20). The lowest BCUT2D eigenvalue weighted by molar-refractivity contribution is 0.0953. The first-order valence-electron chi connectivity index (χ1n) is 6.13. The van der Waals surface area contributed by atoms with Crippen molar-refractivity contribution in [2.24, 2.45) is 0 Å². The van der Waals surface area contributed by atoms with Crippen LogP contribution < -0.4 is 11.1 Å². The third kappa shape index (κ3) is 4.06. The van der Waals surface area contributed by atoms with Crippen molar-refractivity contribution in [3.63, 3.8) is 0 Å². The molecule has 2 rings (SSSR count). The second-order valence-electron chi connectivity index (χ2n) is 4.41. The van der Waals surface area contributed by atoms with Crippen LogP contribution in [0.15, 0.2) is 46.9 Å². The fraction of sp³-hybridized carbons (Fsp3) is 0.133. The van der Waals surface area contributed by atoms with Crippen LogP contribution in [-0.4, -0.2) is 12.5 Å². The quantitative estimate of drug-likeness (QED) is 0.842. The van der Waals surface area contributed by atoms with Gasteiger partial charge < -0.3 is 11.1 Å². The molecule has 0 spiro atoms. The SMILES string of the molecule is Nc1ccc(CCNC(=O)c2cc(F)cc(Br)c2)cc1. The molecule has 0 atom stereocenters. The maximum Gasteiger partial charge on any atom is 0.251 e. The Morgan fingerprint density at radius 3 is 2.55 bits per heavy atom. The monoisotopic (exact) mass is 336 g/mol. The van der Waals surface area contributed by atoms with E-state index in [0.29, 0.717) is 28.7 Å². The van der Waals surface area contributed by atoms with Gasteiger partial charge in [-0.3, -0.25) is 4.79 Å². The third-order valence-electron chi connectivity index (χ3n) is 2.80. The Bertz CT molecular complexity index is 594.